The number of hydrogen-bond acceptors (Lipinski definition) is 5. The van der Waals surface area contributed by atoms with Crippen LogP contribution in [0.2, 0.25) is 0 Å². The molecular formula is C15H13NO5. The maximum atomic E-state index is 11.9. The molecule has 1 aromatic carbocycles. The third-order valence-corrected chi connectivity index (χ3v) is 3.51. The second kappa shape index (κ2) is 5.40. The molecule has 1 aliphatic heterocycles. The van der Waals surface area contributed by atoms with Crippen molar-refractivity contribution in [3.63, 3.8) is 0 Å². The number of aldehydes is 1. The molecule has 1 fully saturated rings. The second-order valence-electron chi connectivity index (χ2n) is 4.83. The minimum absolute atomic E-state index is 0.0216. The minimum Gasteiger partial charge on any atom is -0.486 e. The van der Waals surface area contributed by atoms with Gasteiger partial charge in [0.25, 0.3) is 0 Å². The molecule has 1 aliphatic rings. The lowest BCUT2D eigenvalue weighted by molar-refractivity contribution is -0.134. The summed E-state index contributed by atoms with van der Waals surface area (Å²) >= 11 is 0. The van der Waals surface area contributed by atoms with Gasteiger partial charge < -0.3 is 9.15 Å². The van der Waals surface area contributed by atoms with Crippen LogP contribution < -0.4 is 10.1 Å². The molecule has 6 heteroatoms. The van der Waals surface area contributed by atoms with Gasteiger partial charge in [0.2, 0.25) is 11.8 Å². The Morgan fingerprint density at radius 1 is 1.38 bits per heavy atom. The first kappa shape index (κ1) is 13.4. The smallest absolute Gasteiger partial charge is 0.234 e. The Hall–Kier alpha value is -2.63. The topological polar surface area (TPSA) is 85.6 Å². The molecule has 1 saturated heterocycles. The van der Waals surface area contributed by atoms with Crippen molar-refractivity contribution in [1.82, 2.24) is 5.32 Å². The highest BCUT2D eigenvalue weighted by molar-refractivity contribution is 6.02. The van der Waals surface area contributed by atoms with E-state index in [4.69, 9.17) is 9.15 Å². The van der Waals surface area contributed by atoms with Crippen LogP contribution in [0.1, 0.15) is 24.3 Å². The first-order valence-electron chi connectivity index (χ1n) is 6.60. The van der Waals surface area contributed by atoms with Gasteiger partial charge in [0, 0.05) is 23.4 Å². The van der Waals surface area contributed by atoms with Gasteiger partial charge in [-0.3, -0.25) is 19.7 Å². The average Bonchev–Trinajstić information content (AvgIpc) is 2.88. The second-order valence-corrected chi connectivity index (χ2v) is 4.83. The molecular weight excluding hydrogens is 274 g/mol. The zero-order valence-corrected chi connectivity index (χ0v) is 11.1. The summed E-state index contributed by atoms with van der Waals surface area (Å²) in [5.41, 5.74) is 1.34. The molecule has 0 saturated carbocycles. The molecule has 2 amide bonds. The lowest BCUT2D eigenvalue weighted by atomic mass is 9.90. The van der Waals surface area contributed by atoms with Gasteiger partial charge >= 0.3 is 0 Å². The molecule has 108 valence electrons. The monoisotopic (exact) mass is 287 g/mol. The summed E-state index contributed by atoms with van der Waals surface area (Å²) in [6.07, 6.45) is 3.00. The molecule has 0 spiro atoms. The van der Waals surface area contributed by atoms with E-state index in [1.54, 1.807) is 18.2 Å². The van der Waals surface area contributed by atoms with Crippen LogP contribution in [0, 0.1) is 0 Å². The van der Waals surface area contributed by atoms with Gasteiger partial charge in [-0.1, -0.05) is 0 Å². The van der Waals surface area contributed by atoms with E-state index in [9.17, 15) is 14.4 Å². The van der Waals surface area contributed by atoms with Crippen molar-refractivity contribution >= 4 is 29.1 Å². The first-order valence-corrected chi connectivity index (χ1v) is 6.60. The lowest BCUT2D eigenvalue weighted by Gasteiger charge is -2.19. The van der Waals surface area contributed by atoms with Crippen molar-refractivity contribution in [1.29, 1.82) is 0 Å². The molecule has 0 radical (unpaired) electrons. The van der Waals surface area contributed by atoms with Crippen LogP contribution >= 0.6 is 0 Å². The number of carbonyl (C=O) groups excluding carboxylic acids is 3. The van der Waals surface area contributed by atoms with Crippen LogP contribution in [-0.4, -0.2) is 24.7 Å². The van der Waals surface area contributed by atoms with Gasteiger partial charge in [-0.15, -0.1) is 0 Å². The van der Waals surface area contributed by atoms with Gasteiger partial charge in [0.15, 0.2) is 6.29 Å². The number of hydrogen-bond donors (Lipinski definition) is 1. The predicted octanol–water partition coefficient (Wildman–Crippen LogP) is 1.53. The van der Waals surface area contributed by atoms with Crippen molar-refractivity contribution in [3.05, 3.63) is 30.0 Å². The lowest BCUT2D eigenvalue weighted by Crippen LogP contribution is -2.39. The number of fused-ring (bicyclic) bond motifs is 1. The first-order chi connectivity index (χ1) is 10.2. The van der Waals surface area contributed by atoms with Gasteiger partial charge in [0.1, 0.15) is 17.9 Å². The van der Waals surface area contributed by atoms with E-state index in [1.165, 1.54) is 6.26 Å². The number of carbonyl (C=O) groups is 3. The summed E-state index contributed by atoms with van der Waals surface area (Å²) in [4.78, 5) is 33.4. The normalized spacial score (nSPS) is 18.6. The molecule has 1 aromatic heterocycles. The Bertz CT molecular complexity index is 718. The van der Waals surface area contributed by atoms with Crippen LogP contribution in [0.5, 0.6) is 5.75 Å². The van der Waals surface area contributed by atoms with Crippen LogP contribution in [0.3, 0.4) is 0 Å². The van der Waals surface area contributed by atoms with Crippen molar-refractivity contribution in [2.24, 2.45) is 0 Å². The molecule has 1 atom stereocenters. The van der Waals surface area contributed by atoms with Crippen LogP contribution in [0.25, 0.3) is 11.0 Å². The van der Waals surface area contributed by atoms with Gasteiger partial charge in [0.05, 0.1) is 12.2 Å². The molecule has 2 aromatic rings. The predicted molar refractivity (Wildman–Crippen MR) is 72.9 cm³/mol. The number of rotatable bonds is 4. The molecule has 3 rings (SSSR count). The molecule has 21 heavy (non-hydrogen) atoms. The van der Waals surface area contributed by atoms with Crippen molar-refractivity contribution in [3.8, 4) is 5.75 Å². The zero-order valence-electron chi connectivity index (χ0n) is 11.1. The highest BCUT2D eigenvalue weighted by atomic mass is 16.5. The third-order valence-electron chi connectivity index (χ3n) is 3.51. The van der Waals surface area contributed by atoms with E-state index < -0.39 is 0 Å². The van der Waals surface area contributed by atoms with Gasteiger partial charge in [-0.2, -0.15) is 0 Å². The number of imide groups is 1. The Balaban J connectivity index is 1.91. The quantitative estimate of drug-likeness (QED) is 0.681. The molecule has 1 N–H and O–H groups in total. The maximum Gasteiger partial charge on any atom is 0.234 e. The van der Waals surface area contributed by atoms with E-state index in [1.807, 2.05) is 0 Å². The van der Waals surface area contributed by atoms with E-state index in [-0.39, 0.29) is 24.3 Å². The van der Waals surface area contributed by atoms with Crippen LogP contribution in [0.15, 0.2) is 28.9 Å². The minimum atomic E-state index is -0.384. The SMILES string of the molecule is O=CCOc1ccc2c(C3CCC(=O)NC3=O)coc2c1. The Labute approximate surface area is 120 Å². The summed E-state index contributed by atoms with van der Waals surface area (Å²) in [7, 11) is 0. The summed E-state index contributed by atoms with van der Waals surface area (Å²) in [5.74, 6) is -0.395. The molecule has 1 unspecified atom stereocenters. The highest BCUT2D eigenvalue weighted by Gasteiger charge is 2.30. The standard InChI is InChI=1S/C15H13NO5/c17-5-6-20-9-1-2-10-12(8-21-13(10)7-9)11-3-4-14(18)16-15(11)19/h1-2,5,7-8,11H,3-4,6H2,(H,16,18,19). The fourth-order valence-corrected chi connectivity index (χ4v) is 2.51. The van der Waals surface area contributed by atoms with Crippen molar-refractivity contribution < 1.29 is 23.5 Å². The third kappa shape index (κ3) is 2.52. The molecule has 2 heterocycles. The number of ether oxygens (including phenoxy) is 1. The van der Waals surface area contributed by atoms with Crippen molar-refractivity contribution in [2.45, 2.75) is 18.8 Å². The Morgan fingerprint density at radius 2 is 2.24 bits per heavy atom. The number of benzene rings is 1. The average molecular weight is 287 g/mol. The Kier molecular flexibility index (Phi) is 3.43. The number of furan rings is 1. The van der Waals surface area contributed by atoms with Crippen LogP contribution in [-0.2, 0) is 14.4 Å². The number of nitrogens with one attached hydrogen (secondary N) is 1. The fraction of sp³-hybridized carbons (Fsp3) is 0.267. The number of amides is 2. The van der Waals surface area contributed by atoms with Crippen molar-refractivity contribution in [2.75, 3.05) is 6.61 Å². The van der Waals surface area contributed by atoms with E-state index in [2.05, 4.69) is 5.32 Å². The summed E-state index contributed by atoms with van der Waals surface area (Å²) in [5, 5.41) is 3.15. The summed E-state index contributed by atoms with van der Waals surface area (Å²) in [6, 6.07) is 5.18. The Morgan fingerprint density at radius 3 is 3.00 bits per heavy atom. The van der Waals surface area contributed by atoms with Gasteiger partial charge in [-0.05, 0) is 18.6 Å². The summed E-state index contributed by atoms with van der Waals surface area (Å²) in [6.45, 7) is -0.0216. The van der Waals surface area contributed by atoms with Gasteiger partial charge in [-0.25, -0.2) is 0 Å². The van der Waals surface area contributed by atoms with E-state index in [0.717, 1.165) is 10.9 Å². The highest BCUT2D eigenvalue weighted by Crippen LogP contribution is 2.33. The maximum absolute atomic E-state index is 11.9. The van der Waals surface area contributed by atoms with E-state index in [0.29, 0.717) is 30.5 Å². The molecule has 6 nitrogen and oxygen atoms in total. The van der Waals surface area contributed by atoms with E-state index >= 15 is 0 Å². The zero-order chi connectivity index (χ0) is 14.8. The fourth-order valence-electron chi connectivity index (χ4n) is 2.51. The largest absolute Gasteiger partial charge is 0.486 e. The van der Waals surface area contributed by atoms with Crippen LogP contribution in [0.4, 0.5) is 0 Å². The molecule has 0 aliphatic carbocycles. The summed E-state index contributed by atoms with van der Waals surface area (Å²) < 4.78 is 10.7. The molecule has 0 bridgehead atoms. The number of piperidine rings is 1.